The summed E-state index contributed by atoms with van der Waals surface area (Å²) in [5.41, 5.74) is 0. The number of carbonyl (C=O) groups is 2. The second-order valence-electron chi connectivity index (χ2n) is 5.29. The van der Waals surface area contributed by atoms with Gasteiger partial charge < -0.3 is 14.7 Å². The molecule has 0 bridgehead atoms. The molecule has 2 heterocycles. The molecule has 1 fully saturated rings. The van der Waals surface area contributed by atoms with E-state index in [1.54, 1.807) is 16.7 Å². The number of nitrogens with one attached hydrogen (secondary N) is 1. The van der Waals surface area contributed by atoms with Crippen molar-refractivity contribution in [2.45, 2.75) is 38.5 Å². The van der Waals surface area contributed by atoms with Crippen molar-refractivity contribution in [1.82, 2.24) is 20.4 Å². The van der Waals surface area contributed by atoms with Crippen molar-refractivity contribution in [3.05, 3.63) is 11.7 Å². The molecule has 122 valence electrons. The smallest absolute Gasteiger partial charge is 0.246 e. The van der Waals surface area contributed by atoms with Crippen molar-refractivity contribution in [3.8, 4) is 0 Å². The first kappa shape index (κ1) is 16.8. The van der Waals surface area contributed by atoms with Crippen molar-refractivity contribution in [3.63, 3.8) is 0 Å². The zero-order valence-electron chi connectivity index (χ0n) is 13.0. The Bertz CT molecular complexity index is 520. The molecule has 1 N–H and O–H groups in total. The Morgan fingerprint density at radius 3 is 3.05 bits per heavy atom. The summed E-state index contributed by atoms with van der Waals surface area (Å²) in [4.78, 5) is 29.9. The highest BCUT2D eigenvalue weighted by Gasteiger charge is 2.27. The number of nitrogens with zero attached hydrogens (tertiary/aromatic N) is 3. The molecule has 8 heteroatoms. The van der Waals surface area contributed by atoms with Gasteiger partial charge in [0.05, 0.1) is 18.2 Å². The fourth-order valence-corrected chi connectivity index (χ4v) is 2.87. The van der Waals surface area contributed by atoms with Gasteiger partial charge in [0.25, 0.3) is 0 Å². The van der Waals surface area contributed by atoms with E-state index in [0.717, 1.165) is 19.4 Å². The number of thioether (sulfide) groups is 1. The van der Waals surface area contributed by atoms with Gasteiger partial charge in [-0.3, -0.25) is 9.59 Å². The maximum absolute atomic E-state index is 12.2. The molecule has 1 aliphatic heterocycles. The van der Waals surface area contributed by atoms with Crippen LogP contribution >= 0.6 is 11.8 Å². The van der Waals surface area contributed by atoms with Gasteiger partial charge in [-0.25, -0.2) is 0 Å². The van der Waals surface area contributed by atoms with Gasteiger partial charge >= 0.3 is 0 Å². The summed E-state index contributed by atoms with van der Waals surface area (Å²) in [6, 6.07) is 0. The lowest BCUT2D eigenvalue weighted by Gasteiger charge is -2.31. The summed E-state index contributed by atoms with van der Waals surface area (Å²) < 4.78 is 5.08. The number of likely N-dealkylation sites (tertiary alicyclic amines) is 1. The van der Waals surface area contributed by atoms with Gasteiger partial charge in [-0.05, 0) is 19.1 Å². The van der Waals surface area contributed by atoms with Crippen LogP contribution in [0.15, 0.2) is 4.52 Å². The molecule has 1 aromatic heterocycles. The minimum absolute atomic E-state index is 0.0572. The minimum Gasteiger partial charge on any atom is -0.347 e. The summed E-state index contributed by atoms with van der Waals surface area (Å²) in [6.45, 7) is 3.32. The van der Waals surface area contributed by atoms with Crippen LogP contribution in [0.25, 0.3) is 0 Å². The van der Waals surface area contributed by atoms with Crippen molar-refractivity contribution >= 4 is 23.6 Å². The largest absolute Gasteiger partial charge is 0.347 e. The van der Waals surface area contributed by atoms with Gasteiger partial charge in [-0.1, -0.05) is 12.1 Å². The Hall–Kier alpha value is -1.57. The van der Waals surface area contributed by atoms with E-state index in [1.165, 1.54) is 0 Å². The van der Waals surface area contributed by atoms with E-state index in [9.17, 15) is 9.59 Å². The zero-order chi connectivity index (χ0) is 15.9. The van der Waals surface area contributed by atoms with Gasteiger partial charge in [-0.2, -0.15) is 16.7 Å². The van der Waals surface area contributed by atoms with Crippen LogP contribution < -0.4 is 5.32 Å². The number of hydrogen-bond acceptors (Lipinski definition) is 6. The van der Waals surface area contributed by atoms with Gasteiger partial charge in [0, 0.05) is 19.5 Å². The molecule has 0 saturated carbocycles. The van der Waals surface area contributed by atoms with Crippen molar-refractivity contribution in [1.29, 1.82) is 0 Å². The second-order valence-corrected chi connectivity index (χ2v) is 6.15. The summed E-state index contributed by atoms with van der Waals surface area (Å²) in [5, 5.41) is 6.65. The molecule has 2 amide bonds. The lowest BCUT2D eigenvalue weighted by molar-refractivity contribution is -0.135. The number of carbonyl (C=O) groups excluding carboxylic acids is 2. The molecular formula is C14H22N4O3S. The summed E-state index contributed by atoms with van der Waals surface area (Å²) >= 11 is 1.61. The quantitative estimate of drug-likeness (QED) is 0.845. The zero-order valence-corrected chi connectivity index (χ0v) is 13.8. The third-order valence-corrected chi connectivity index (χ3v) is 4.19. The van der Waals surface area contributed by atoms with Gasteiger partial charge in [0.2, 0.25) is 17.7 Å². The van der Waals surface area contributed by atoms with Crippen LogP contribution in [0.5, 0.6) is 0 Å². The fourth-order valence-electron chi connectivity index (χ4n) is 2.50. The molecule has 1 aromatic rings. The normalized spacial score (nSPS) is 18.3. The number of piperidine rings is 1. The highest BCUT2D eigenvalue weighted by atomic mass is 32.2. The number of aromatic nitrogens is 2. The molecule has 0 radical (unpaired) electrons. The highest BCUT2D eigenvalue weighted by Crippen LogP contribution is 2.17. The Labute approximate surface area is 134 Å². The molecule has 1 saturated heterocycles. The van der Waals surface area contributed by atoms with E-state index in [1.807, 2.05) is 13.2 Å². The summed E-state index contributed by atoms with van der Waals surface area (Å²) in [6.07, 6.45) is 4.11. The molecule has 0 aliphatic carbocycles. The standard InChI is InChI=1S/C14H22N4O3S/c1-3-13(19)18-6-4-5-10(8-18)14(20)15-7-12-16-11(9-22-2)17-21-12/h10H,3-9H2,1-2H3,(H,15,20)/t10-/m0/s1. The van der Waals surface area contributed by atoms with Crippen molar-refractivity contribution in [2.75, 3.05) is 19.3 Å². The molecule has 1 atom stereocenters. The van der Waals surface area contributed by atoms with Crippen molar-refractivity contribution in [2.24, 2.45) is 5.92 Å². The molecule has 22 heavy (non-hydrogen) atoms. The van der Waals surface area contributed by atoms with E-state index in [-0.39, 0.29) is 24.3 Å². The van der Waals surface area contributed by atoms with E-state index in [0.29, 0.717) is 30.4 Å². The molecule has 1 aliphatic rings. The lowest BCUT2D eigenvalue weighted by atomic mass is 9.97. The van der Waals surface area contributed by atoms with Gasteiger partial charge in [0.15, 0.2) is 5.82 Å². The number of amides is 2. The molecule has 7 nitrogen and oxygen atoms in total. The Morgan fingerprint density at radius 2 is 2.32 bits per heavy atom. The predicted octanol–water partition coefficient (Wildman–Crippen LogP) is 1.20. The van der Waals surface area contributed by atoms with Crippen LogP contribution in [0, 0.1) is 5.92 Å². The fraction of sp³-hybridized carbons (Fsp3) is 0.714. The van der Waals surface area contributed by atoms with Gasteiger partial charge in [0.1, 0.15) is 0 Å². The molecule has 2 rings (SSSR count). The lowest BCUT2D eigenvalue weighted by Crippen LogP contribution is -2.45. The Kier molecular flexibility index (Phi) is 6.23. The van der Waals surface area contributed by atoms with Crippen LogP contribution in [-0.4, -0.2) is 46.2 Å². The average Bonchev–Trinajstić information content (AvgIpc) is 3.00. The molecular weight excluding hydrogens is 304 g/mol. The number of hydrogen-bond donors (Lipinski definition) is 1. The Morgan fingerprint density at radius 1 is 1.50 bits per heavy atom. The summed E-state index contributed by atoms with van der Waals surface area (Å²) in [7, 11) is 0. The van der Waals surface area contributed by atoms with E-state index in [4.69, 9.17) is 4.52 Å². The van der Waals surface area contributed by atoms with E-state index in [2.05, 4.69) is 15.5 Å². The minimum atomic E-state index is -0.155. The topological polar surface area (TPSA) is 88.3 Å². The Balaban J connectivity index is 1.82. The maximum atomic E-state index is 12.2. The molecule has 0 aromatic carbocycles. The summed E-state index contributed by atoms with van der Waals surface area (Å²) in [5.74, 6) is 1.63. The molecule has 0 unspecified atom stereocenters. The van der Waals surface area contributed by atoms with Crippen LogP contribution in [0.2, 0.25) is 0 Å². The third-order valence-electron chi connectivity index (χ3n) is 3.64. The van der Waals surface area contributed by atoms with Crippen LogP contribution in [0.3, 0.4) is 0 Å². The monoisotopic (exact) mass is 326 g/mol. The average molecular weight is 326 g/mol. The van der Waals surface area contributed by atoms with E-state index >= 15 is 0 Å². The first-order chi connectivity index (χ1) is 10.6. The van der Waals surface area contributed by atoms with E-state index < -0.39 is 0 Å². The predicted molar refractivity (Wildman–Crippen MR) is 83.0 cm³/mol. The second kappa shape index (κ2) is 8.17. The third kappa shape index (κ3) is 4.46. The first-order valence-electron chi connectivity index (χ1n) is 7.50. The van der Waals surface area contributed by atoms with Gasteiger partial charge in [-0.15, -0.1) is 0 Å². The van der Waals surface area contributed by atoms with Crippen molar-refractivity contribution < 1.29 is 14.1 Å². The van der Waals surface area contributed by atoms with Crippen LogP contribution in [0.1, 0.15) is 37.9 Å². The van der Waals surface area contributed by atoms with Crippen LogP contribution in [0.4, 0.5) is 0 Å². The first-order valence-corrected chi connectivity index (χ1v) is 8.89. The van der Waals surface area contributed by atoms with Crippen LogP contribution in [-0.2, 0) is 21.9 Å². The SMILES string of the molecule is CCC(=O)N1CCC[C@H](C(=O)NCc2nc(CSC)no2)C1. The number of rotatable bonds is 6. The highest BCUT2D eigenvalue weighted by molar-refractivity contribution is 7.97. The molecule has 0 spiro atoms. The maximum Gasteiger partial charge on any atom is 0.246 e.